The quantitative estimate of drug-likeness (QED) is 0.378. The largest absolute Gasteiger partial charge is 0.368 e. The number of pyridine rings is 1. The predicted molar refractivity (Wildman–Crippen MR) is 132 cm³/mol. The normalized spacial score (nSPS) is 14.3. The summed E-state index contributed by atoms with van der Waals surface area (Å²) in [7, 11) is 0. The molecule has 5 rings (SSSR count). The summed E-state index contributed by atoms with van der Waals surface area (Å²) in [6.45, 7) is 5.50. The van der Waals surface area contributed by atoms with Gasteiger partial charge in [-0.3, -0.25) is 4.40 Å². The summed E-state index contributed by atoms with van der Waals surface area (Å²) < 4.78 is 2.16. The maximum absolute atomic E-state index is 9.95. The van der Waals surface area contributed by atoms with E-state index in [1.165, 1.54) is 0 Å². The molecule has 162 valence electrons. The van der Waals surface area contributed by atoms with E-state index in [1.54, 1.807) is 0 Å². The van der Waals surface area contributed by atoms with Crippen molar-refractivity contribution in [2.75, 3.05) is 41.9 Å². The van der Waals surface area contributed by atoms with Gasteiger partial charge in [0.15, 0.2) is 5.65 Å². The second-order valence-corrected chi connectivity index (χ2v) is 8.88. The van der Waals surface area contributed by atoms with Gasteiger partial charge in [-0.05, 0) is 54.8 Å². The van der Waals surface area contributed by atoms with Crippen molar-refractivity contribution in [2.45, 2.75) is 13.3 Å². The zero-order valence-corrected chi connectivity index (χ0v) is 19.4. The number of alkyl halides is 1. The average Bonchev–Trinajstić information content (AvgIpc) is 3.19. The minimum Gasteiger partial charge on any atom is -0.368 e. The first-order chi connectivity index (χ1) is 15.6. The Hall–Kier alpha value is -2.94. The fraction of sp³-hybridized carbons (Fsp3) is 0.280. The molecule has 2 aromatic carbocycles. The molecule has 0 radical (unpaired) electrons. The number of aromatic nitrogens is 2. The lowest BCUT2D eigenvalue weighted by Gasteiger charge is -2.39. The highest BCUT2D eigenvalue weighted by molar-refractivity contribution is 6.30. The van der Waals surface area contributed by atoms with E-state index in [-0.39, 0.29) is 0 Å². The molecule has 7 heteroatoms. The molecule has 0 amide bonds. The van der Waals surface area contributed by atoms with Gasteiger partial charge in [-0.1, -0.05) is 29.8 Å². The number of nitriles is 1. The molecule has 3 heterocycles. The van der Waals surface area contributed by atoms with Crippen LogP contribution in [0.3, 0.4) is 0 Å². The standard InChI is InChI=1S/C25H23Cl2N5/c1-17-20(9-10-26)25(31-13-11-30(12-14-31)19-6-4-5-18(27)15-19)32-23-8-3-2-7-22(23)29-24(32)21(17)16-28/h2-8,15H,9-14H2,1H3. The van der Waals surface area contributed by atoms with Crippen molar-refractivity contribution < 1.29 is 0 Å². The maximum atomic E-state index is 9.95. The number of hydrogen-bond acceptors (Lipinski definition) is 4. The zero-order valence-electron chi connectivity index (χ0n) is 17.9. The van der Waals surface area contributed by atoms with Gasteiger partial charge >= 0.3 is 0 Å². The SMILES string of the molecule is Cc1c(CCCl)c(N2CCN(c3cccc(Cl)c3)CC2)n2c(nc3ccccc32)c1C#N. The highest BCUT2D eigenvalue weighted by atomic mass is 35.5. The molecule has 1 aliphatic rings. The summed E-state index contributed by atoms with van der Waals surface area (Å²) in [5.41, 5.74) is 6.51. The Balaban J connectivity index is 1.63. The van der Waals surface area contributed by atoms with Crippen LogP contribution in [-0.2, 0) is 6.42 Å². The lowest BCUT2D eigenvalue weighted by molar-refractivity contribution is 0.642. The molecular weight excluding hydrogens is 441 g/mol. The highest BCUT2D eigenvalue weighted by Gasteiger charge is 2.26. The Bertz CT molecular complexity index is 1350. The molecule has 0 atom stereocenters. The Morgan fingerprint density at radius 3 is 2.50 bits per heavy atom. The van der Waals surface area contributed by atoms with Gasteiger partial charge in [0.25, 0.3) is 0 Å². The third-order valence-electron chi connectivity index (χ3n) is 6.30. The van der Waals surface area contributed by atoms with Gasteiger partial charge in [-0.15, -0.1) is 11.6 Å². The Labute approximate surface area is 197 Å². The van der Waals surface area contributed by atoms with Crippen molar-refractivity contribution >= 4 is 51.4 Å². The molecule has 2 aromatic heterocycles. The number of imidazole rings is 1. The Kier molecular flexibility index (Phi) is 5.58. The summed E-state index contributed by atoms with van der Waals surface area (Å²) in [6, 6.07) is 18.5. The molecular formula is C25H23Cl2N5. The number of nitrogens with zero attached hydrogens (tertiary/aromatic N) is 5. The average molecular weight is 464 g/mol. The first kappa shape index (κ1) is 20.9. The van der Waals surface area contributed by atoms with E-state index in [0.29, 0.717) is 17.9 Å². The van der Waals surface area contributed by atoms with Crippen LogP contribution in [0.1, 0.15) is 16.7 Å². The van der Waals surface area contributed by atoms with Crippen molar-refractivity contribution in [1.29, 1.82) is 5.26 Å². The molecule has 0 saturated carbocycles. The van der Waals surface area contributed by atoms with Crippen LogP contribution >= 0.6 is 23.2 Å². The van der Waals surface area contributed by atoms with Crippen molar-refractivity contribution in [3.8, 4) is 6.07 Å². The molecule has 32 heavy (non-hydrogen) atoms. The second-order valence-electron chi connectivity index (χ2n) is 8.07. The molecule has 0 spiro atoms. The summed E-state index contributed by atoms with van der Waals surface area (Å²) in [5, 5.41) is 10.7. The van der Waals surface area contributed by atoms with Crippen LogP contribution in [0.25, 0.3) is 16.7 Å². The minimum atomic E-state index is 0.499. The molecule has 0 N–H and O–H groups in total. The molecule has 4 aromatic rings. The van der Waals surface area contributed by atoms with Crippen molar-refractivity contribution in [3.05, 3.63) is 70.2 Å². The van der Waals surface area contributed by atoms with E-state index in [4.69, 9.17) is 28.2 Å². The lowest BCUT2D eigenvalue weighted by atomic mass is 10.0. The second kappa shape index (κ2) is 8.54. The number of fused-ring (bicyclic) bond motifs is 3. The van der Waals surface area contributed by atoms with Crippen LogP contribution in [0.4, 0.5) is 11.5 Å². The van der Waals surface area contributed by atoms with Crippen LogP contribution in [0, 0.1) is 18.3 Å². The third-order valence-corrected chi connectivity index (χ3v) is 6.73. The fourth-order valence-electron chi connectivity index (χ4n) is 4.74. The first-order valence-electron chi connectivity index (χ1n) is 10.8. The van der Waals surface area contributed by atoms with Gasteiger partial charge in [0.2, 0.25) is 0 Å². The van der Waals surface area contributed by atoms with Crippen LogP contribution in [0.2, 0.25) is 5.02 Å². The van der Waals surface area contributed by atoms with E-state index in [2.05, 4.69) is 32.4 Å². The summed E-state index contributed by atoms with van der Waals surface area (Å²) in [5.74, 6) is 1.61. The summed E-state index contributed by atoms with van der Waals surface area (Å²) >= 11 is 12.4. The number of piperazine rings is 1. The van der Waals surface area contributed by atoms with Gasteiger partial charge in [0.1, 0.15) is 11.9 Å². The monoisotopic (exact) mass is 463 g/mol. The van der Waals surface area contributed by atoms with E-state index in [0.717, 1.165) is 70.5 Å². The molecule has 1 aliphatic heterocycles. The zero-order chi connectivity index (χ0) is 22.2. The van der Waals surface area contributed by atoms with Crippen molar-refractivity contribution in [1.82, 2.24) is 9.38 Å². The lowest BCUT2D eigenvalue weighted by Crippen LogP contribution is -2.47. The smallest absolute Gasteiger partial charge is 0.157 e. The molecule has 0 unspecified atom stereocenters. The number of anilines is 2. The fourth-order valence-corrected chi connectivity index (χ4v) is 5.11. The molecule has 1 saturated heterocycles. The van der Waals surface area contributed by atoms with Crippen LogP contribution in [0.15, 0.2) is 48.5 Å². The first-order valence-corrected chi connectivity index (χ1v) is 11.7. The highest BCUT2D eigenvalue weighted by Crippen LogP contribution is 2.34. The van der Waals surface area contributed by atoms with Crippen molar-refractivity contribution in [3.63, 3.8) is 0 Å². The van der Waals surface area contributed by atoms with Gasteiger partial charge in [0.05, 0.1) is 16.6 Å². The topological polar surface area (TPSA) is 47.6 Å². The van der Waals surface area contributed by atoms with E-state index < -0.39 is 0 Å². The molecule has 0 bridgehead atoms. The molecule has 5 nitrogen and oxygen atoms in total. The predicted octanol–water partition coefficient (Wildman–Crippen LogP) is 5.43. The number of halogens is 2. The van der Waals surface area contributed by atoms with Gasteiger partial charge < -0.3 is 9.80 Å². The maximum Gasteiger partial charge on any atom is 0.157 e. The van der Waals surface area contributed by atoms with E-state index in [9.17, 15) is 5.26 Å². The Morgan fingerprint density at radius 1 is 1.03 bits per heavy atom. The number of hydrogen-bond donors (Lipinski definition) is 0. The van der Waals surface area contributed by atoms with Crippen molar-refractivity contribution in [2.24, 2.45) is 0 Å². The third kappa shape index (κ3) is 3.44. The van der Waals surface area contributed by atoms with Crippen LogP contribution in [-0.4, -0.2) is 41.4 Å². The number of rotatable bonds is 4. The van der Waals surface area contributed by atoms with Crippen LogP contribution in [0.5, 0.6) is 0 Å². The number of para-hydroxylation sites is 2. The van der Waals surface area contributed by atoms with E-state index >= 15 is 0 Å². The summed E-state index contributed by atoms with van der Waals surface area (Å²) in [6.07, 6.45) is 0.703. The van der Waals surface area contributed by atoms with Gasteiger partial charge in [-0.25, -0.2) is 4.98 Å². The minimum absolute atomic E-state index is 0.499. The Morgan fingerprint density at radius 2 is 1.78 bits per heavy atom. The molecule has 0 aliphatic carbocycles. The number of benzene rings is 2. The van der Waals surface area contributed by atoms with E-state index in [1.807, 2.05) is 43.3 Å². The van der Waals surface area contributed by atoms with Crippen LogP contribution < -0.4 is 9.80 Å². The summed E-state index contributed by atoms with van der Waals surface area (Å²) in [4.78, 5) is 9.61. The molecule has 1 fully saturated rings. The van der Waals surface area contributed by atoms with Gasteiger partial charge in [-0.2, -0.15) is 5.26 Å². The van der Waals surface area contributed by atoms with Gasteiger partial charge in [0, 0.05) is 42.8 Å².